The predicted octanol–water partition coefficient (Wildman–Crippen LogP) is 0.575. The first-order valence-corrected chi connectivity index (χ1v) is 3.68. The fraction of sp³-hybridized carbons (Fsp3) is 0.857. The molecule has 1 atom stereocenters. The standard InChI is InChI=1S/C7H15N3/c1-2-7(9)4-3-5-10-6-8/h7,10H,2-5,9H2,1H3. The van der Waals surface area contributed by atoms with Crippen LogP contribution in [0.15, 0.2) is 0 Å². The van der Waals surface area contributed by atoms with Crippen LogP contribution in [-0.4, -0.2) is 12.6 Å². The van der Waals surface area contributed by atoms with Crippen molar-refractivity contribution in [3.05, 3.63) is 0 Å². The van der Waals surface area contributed by atoms with Crippen molar-refractivity contribution in [3.8, 4) is 6.19 Å². The average Bonchev–Trinajstić information content (AvgIpc) is 1.98. The van der Waals surface area contributed by atoms with Crippen LogP contribution in [0.25, 0.3) is 0 Å². The SMILES string of the molecule is CCC(N)CCCNC#N. The highest BCUT2D eigenvalue weighted by molar-refractivity contribution is 4.66. The average molecular weight is 141 g/mol. The molecule has 0 fully saturated rings. The largest absolute Gasteiger partial charge is 0.328 e. The van der Waals surface area contributed by atoms with Crippen LogP contribution in [-0.2, 0) is 0 Å². The van der Waals surface area contributed by atoms with Crippen molar-refractivity contribution in [1.82, 2.24) is 5.32 Å². The van der Waals surface area contributed by atoms with Crippen LogP contribution >= 0.6 is 0 Å². The van der Waals surface area contributed by atoms with Crippen molar-refractivity contribution < 1.29 is 0 Å². The summed E-state index contributed by atoms with van der Waals surface area (Å²) in [4.78, 5) is 0. The van der Waals surface area contributed by atoms with E-state index in [4.69, 9.17) is 11.0 Å². The minimum Gasteiger partial charge on any atom is -0.328 e. The van der Waals surface area contributed by atoms with Crippen molar-refractivity contribution in [1.29, 1.82) is 5.26 Å². The van der Waals surface area contributed by atoms with Crippen LogP contribution in [0.5, 0.6) is 0 Å². The third-order valence-electron chi connectivity index (χ3n) is 1.48. The molecule has 0 aliphatic heterocycles. The van der Waals surface area contributed by atoms with E-state index in [0.717, 1.165) is 25.8 Å². The molecule has 58 valence electrons. The van der Waals surface area contributed by atoms with Gasteiger partial charge in [0.25, 0.3) is 0 Å². The summed E-state index contributed by atoms with van der Waals surface area (Å²) in [5.41, 5.74) is 5.64. The van der Waals surface area contributed by atoms with Gasteiger partial charge in [0.05, 0.1) is 0 Å². The Labute approximate surface area is 62.2 Å². The van der Waals surface area contributed by atoms with Crippen molar-refractivity contribution in [2.24, 2.45) is 5.73 Å². The zero-order chi connectivity index (χ0) is 7.82. The molecular formula is C7H15N3. The molecule has 0 aromatic heterocycles. The summed E-state index contributed by atoms with van der Waals surface area (Å²) in [5, 5.41) is 10.7. The van der Waals surface area contributed by atoms with E-state index < -0.39 is 0 Å². The molecule has 0 radical (unpaired) electrons. The normalized spacial score (nSPS) is 12.1. The highest BCUT2D eigenvalue weighted by Gasteiger charge is 1.96. The second kappa shape index (κ2) is 6.37. The van der Waals surface area contributed by atoms with E-state index in [0.29, 0.717) is 6.04 Å². The first-order valence-electron chi connectivity index (χ1n) is 3.68. The molecule has 3 heteroatoms. The summed E-state index contributed by atoms with van der Waals surface area (Å²) in [6.07, 6.45) is 4.88. The molecule has 0 amide bonds. The van der Waals surface area contributed by atoms with Gasteiger partial charge in [-0.25, -0.2) is 0 Å². The van der Waals surface area contributed by atoms with E-state index in [1.807, 2.05) is 6.19 Å². The first-order chi connectivity index (χ1) is 4.81. The molecule has 0 heterocycles. The summed E-state index contributed by atoms with van der Waals surface area (Å²) >= 11 is 0. The van der Waals surface area contributed by atoms with Crippen molar-refractivity contribution in [2.45, 2.75) is 32.2 Å². The van der Waals surface area contributed by atoms with E-state index in [2.05, 4.69) is 12.2 Å². The highest BCUT2D eigenvalue weighted by Crippen LogP contribution is 1.95. The summed E-state index contributed by atoms with van der Waals surface area (Å²) in [6.45, 7) is 2.83. The summed E-state index contributed by atoms with van der Waals surface area (Å²) < 4.78 is 0. The van der Waals surface area contributed by atoms with Crippen LogP contribution in [0, 0.1) is 11.5 Å². The van der Waals surface area contributed by atoms with Gasteiger partial charge >= 0.3 is 0 Å². The maximum atomic E-state index is 8.10. The lowest BCUT2D eigenvalue weighted by Crippen LogP contribution is -2.20. The monoisotopic (exact) mass is 141 g/mol. The summed E-state index contributed by atoms with van der Waals surface area (Å²) in [7, 11) is 0. The van der Waals surface area contributed by atoms with Gasteiger partial charge in [-0.1, -0.05) is 6.92 Å². The molecule has 0 saturated carbocycles. The molecule has 3 N–H and O–H groups in total. The van der Waals surface area contributed by atoms with E-state index in [9.17, 15) is 0 Å². The second-order valence-corrected chi connectivity index (χ2v) is 2.35. The number of nitrogens with one attached hydrogen (secondary N) is 1. The second-order valence-electron chi connectivity index (χ2n) is 2.35. The Morgan fingerprint density at radius 3 is 2.90 bits per heavy atom. The number of nitrogens with two attached hydrogens (primary N) is 1. The topological polar surface area (TPSA) is 61.8 Å². The molecule has 1 unspecified atom stereocenters. The number of nitrogens with zero attached hydrogens (tertiary/aromatic N) is 1. The third kappa shape index (κ3) is 5.39. The molecule has 0 aliphatic carbocycles. The predicted molar refractivity (Wildman–Crippen MR) is 41.1 cm³/mol. The Hall–Kier alpha value is -0.750. The van der Waals surface area contributed by atoms with Gasteiger partial charge in [-0.15, -0.1) is 0 Å². The highest BCUT2D eigenvalue weighted by atomic mass is 14.8. The lowest BCUT2D eigenvalue weighted by Gasteiger charge is -2.06. The quantitative estimate of drug-likeness (QED) is 0.334. The minimum absolute atomic E-state index is 0.306. The number of rotatable bonds is 5. The zero-order valence-electron chi connectivity index (χ0n) is 6.43. The van der Waals surface area contributed by atoms with Gasteiger partial charge in [0, 0.05) is 12.6 Å². The minimum atomic E-state index is 0.306. The van der Waals surface area contributed by atoms with Crippen molar-refractivity contribution in [3.63, 3.8) is 0 Å². The number of hydrogen-bond acceptors (Lipinski definition) is 3. The Morgan fingerprint density at radius 2 is 2.40 bits per heavy atom. The van der Waals surface area contributed by atoms with Crippen LogP contribution in [0.2, 0.25) is 0 Å². The fourth-order valence-electron chi connectivity index (χ4n) is 0.713. The first kappa shape index (κ1) is 9.25. The van der Waals surface area contributed by atoms with Crippen LogP contribution in [0.1, 0.15) is 26.2 Å². The lowest BCUT2D eigenvalue weighted by molar-refractivity contribution is 0.561. The molecule has 0 aromatic carbocycles. The Bertz CT molecular complexity index is 106. The molecule has 0 bridgehead atoms. The molecule has 0 saturated heterocycles. The molecule has 0 aromatic rings. The molecule has 0 rings (SSSR count). The van der Waals surface area contributed by atoms with Gasteiger partial charge < -0.3 is 11.1 Å². The maximum Gasteiger partial charge on any atom is 0.176 e. The summed E-state index contributed by atoms with van der Waals surface area (Å²) in [6, 6.07) is 0.306. The molecule has 0 spiro atoms. The van der Waals surface area contributed by atoms with Gasteiger partial charge in [-0.3, -0.25) is 0 Å². The van der Waals surface area contributed by atoms with Gasteiger partial charge in [0.1, 0.15) is 0 Å². The van der Waals surface area contributed by atoms with Crippen LogP contribution in [0.4, 0.5) is 0 Å². The molecular weight excluding hydrogens is 126 g/mol. The zero-order valence-corrected chi connectivity index (χ0v) is 6.43. The smallest absolute Gasteiger partial charge is 0.176 e. The number of hydrogen-bond donors (Lipinski definition) is 2. The number of nitriles is 1. The van der Waals surface area contributed by atoms with Crippen molar-refractivity contribution in [2.75, 3.05) is 6.54 Å². The van der Waals surface area contributed by atoms with Gasteiger partial charge in [-0.2, -0.15) is 5.26 Å². The Kier molecular flexibility index (Phi) is 5.89. The van der Waals surface area contributed by atoms with E-state index in [-0.39, 0.29) is 0 Å². The molecule has 10 heavy (non-hydrogen) atoms. The Morgan fingerprint density at radius 1 is 1.70 bits per heavy atom. The van der Waals surface area contributed by atoms with Crippen LogP contribution in [0.3, 0.4) is 0 Å². The summed E-state index contributed by atoms with van der Waals surface area (Å²) in [5.74, 6) is 0. The molecule has 3 nitrogen and oxygen atoms in total. The third-order valence-corrected chi connectivity index (χ3v) is 1.48. The van der Waals surface area contributed by atoms with Crippen molar-refractivity contribution >= 4 is 0 Å². The van der Waals surface area contributed by atoms with E-state index in [1.165, 1.54) is 0 Å². The molecule has 0 aliphatic rings. The van der Waals surface area contributed by atoms with Gasteiger partial charge in [0.15, 0.2) is 6.19 Å². The Balaban J connectivity index is 2.98. The lowest BCUT2D eigenvalue weighted by atomic mass is 10.1. The van der Waals surface area contributed by atoms with E-state index in [1.54, 1.807) is 0 Å². The van der Waals surface area contributed by atoms with Gasteiger partial charge in [0.2, 0.25) is 0 Å². The maximum absolute atomic E-state index is 8.10. The van der Waals surface area contributed by atoms with Gasteiger partial charge in [-0.05, 0) is 19.3 Å². The van der Waals surface area contributed by atoms with Crippen LogP contribution < -0.4 is 11.1 Å². The van der Waals surface area contributed by atoms with E-state index >= 15 is 0 Å². The fourth-order valence-corrected chi connectivity index (χ4v) is 0.713.